The first-order chi connectivity index (χ1) is 11.6. The van der Waals surface area contributed by atoms with Crippen molar-refractivity contribution in [3.05, 3.63) is 71.5 Å². The summed E-state index contributed by atoms with van der Waals surface area (Å²) in [6, 6.07) is 15.6. The van der Waals surface area contributed by atoms with Crippen LogP contribution in [-0.4, -0.2) is 29.1 Å². The molecule has 0 saturated carbocycles. The lowest BCUT2D eigenvalue weighted by atomic mass is 10.1. The number of nitrogens with one attached hydrogen (secondary N) is 2. The van der Waals surface area contributed by atoms with E-state index in [1.807, 2.05) is 36.4 Å². The lowest BCUT2D eigenvalue weighted by molar-refractivity contribution is 0.241. The molecule has 2 aromatic rings. The molecule has 0 unspecified atom stereocenters. The fourth-order valence-electron chi connectivity index (χ4n) is 2.19. The van der Waals surface area contributed by atoms with Gasteiger partial charge >= 0.3 is 6.03 Å². The molecule has 0 spiro atoms. The number of amides is 2. The van der Waals surface area contributed by atoms with E-state index >= 15 is 0 Å². The molecule has 0 aromatic heterocycles. The Balaban J connectivity index is 1.58. The molecule has 6 heteroatoms. The van der Waals surface area contributed by atoms with Crippen molar-refractivity contribution in [2.24, 2.45) is 0 Å². The SMILES string of the molecule is O=C(NCCc1cccc(F)c1)NCC[S@@](=O)Cc1ccccc1. The maximum Gasteiger partial charge on any atom is 0.314 e. The Labute approximate surface area is 143 Å². The van der Waals surface area contributed by atoms with E-state index in [0.717, 1.165) is 11.1 Å². The summed E-state index contributed by atoms with van der Waals surface area (Å²) in [7, 11) is -1.01. The predicted molar refractivity (Wildman–Crippen MR) is 94.7 cm³/mol. The molecule has 0 saturated heterocycles. The third-order valence-electron chi connectivity index (χ3n) is 3.37. The van der Waals surface area contributed by atoms with Crippen LogP contribution in [0.3, 0.4) is 0 Å². The molecule has 0 aliphatic rings. The van der Waals surface area contributed by atoms with Crippen molar-refractivity contribution in [1.29, 1.82) is 0 Å². The monoisotopic (exact) mass is 348 g/mol. The molecule has 0 aliphatic heterocycles. The Kier molecular flexibility index (Phi) is 7.42. The van der Waals surface area contributed by atoms with Gasteiger partial charge in [0.15, 0.2) is 0 Å². The highest BCUT2D eigenvalue weighted by molar-refractivity contribution is 7.84. The van der Waals surface area contributed by atoms with E-state index in [-0.39, 0.29) is 11.8 Å². The highest BCUT2D eigenvalue weighted by Crippen LogP contribution is 2.04. The molecule has 0 fully saturated rings. The highest BCUT2D eigenvalue weighted by atomic mass is 32.2. The van der Waals surface area contributed by atoms with Crippen LogP contribution in [0.4, 0.5) is 9.18 Å². The first-order valence-corrected chi connectivity index (χ1v) is 9.27. The lowest BCUT2D eigenvalue weighted by Gasteiger charge is -2.08. The molecule has 0 heterocycles. The van der Waals surface area contributed by atoms with E-state index < -0.39 is 10.8 Å². The van der Waals surface area contributed by atoms with Gasteiger partial charge in [0.1, 0.15) is 5.82 Å². The van der Waals surface area contributed by atoms with Crippen LogP contribution in [-0.2, 0) is 23.0 Å². The van der Waals surface area contributed by atoms with Crippen molar-refractivity contribution >= 4 is 16.8 Å². The average molecular weight is 348 g/mol. The standard InChI is InChI=1S/C18H21FN2O2S/c19-17-8-4-7-15(13-17)9-10-20-18(22)21-11-12-24(23)14-16-5-2-1-3-6-16/h1-8,13H,9-12,14H2,(H2,20,21,22)/t24-/m1/s1. The van der Waals surface area contributed by atoms with Crippen LogP contribution in [0.15, 0.2) is 54.6 Å². The van der Waals surface area contributed by atoms with Gasteiger partial charge in [0.25, 0.3) is 0 Å². The maximum absolute atomic E-state index is 13.0. The average Bonchev–Trinajstić information content (AvgIpc) is 2.56. The zero-order chi connectivity index (χ0) is 17.2. The zero-order valence-electron chi connectivity index (χ0n) is 13.3. The number of hydrogen-bond acceptors (Lipinski definition) is 2. The highest BCUT2D eigenvalue weighted by Gasteiger charge is 2.04. The second-order valence-corrected chi connectivity index (χ2v) is 6.91. The van der Waals surface area contributed by atoms with Crippen LogP contribution >= 0.6 is 0 Å². The Hall–Kier alpha value is -2.21. The molecule has 128 valence electrons. The van der Waals surface area contributed by atoms with Gasteiger partial charge in [-0.25, -0.2) is 9.18 Å². The number of halogens is 1. The summed E-state index contributed by atoms with van der Waals surface area (Å²) in [5.41, 5.74) is 1.86. The summed E-state index contributed by atoms with van der Waals surface area (Å²) >= 11 is 0. The van der Waals surface area contributed by atoms with E-state index in [4.69, 9.17) is 0 Å². The van der Waals surface area contributed by atoms with E-state index in [2.05, 4.69) is 10.6 Å². The van der Waals surface area contributed by atoms with Crippen molar-refractivity contribution < 1.29 is 13.4 Å². The number of urea groups is 1. The molecule has 2 rings (SSSR count). The van der Waals surface area contributed by atoms with Crippen LogP contribution < -0.4 is 10.6 Å². The third-order valence-corrected chi connectivity index (χ3v) is 4.69. The topological polar surface area (TPSA) is 58.2 Å². The summed E-state index contributed by atoms with van der Waals surface area (Å²) in [4.78, 5) is 11.6. The van der Waals surface area contributed by atoms with Gasteiger partial charge in [-0.1, -0.05) is 42.5 Å². The molecule has 4 nitrogen and oxygen atoms in total. The summed E-state index contributed by atoms with van der Waals surface area (Å²) in [6.45, 7) is 0.771. The minimum absolute atomic E-state index is 0.280. The smallest absolute Gasteiger partial charge is 0.314 e. The minimum atomic E-state index is -1.01. The third kappa shape index (κ3) is 6.91. The molecule has 2 amide bonds. The van der Waals surface area contributed by atoms with E-state index in [0.29, 0.717) is 31.0 Å². The molecule has 24 heavy (non-hydrogen) atoms. The van der Waals surface area contributed by atoms with Gasteiger partial charge in [-0.2, -0.15) is 0 Å². The Bertz CT molecular complexity index is 680. The zero-order valence-corrected chi connectivity index (χ0v) is 14.2. The van der Waals surface area contributed by atoms with Gasteiger partial charge in [0, 0.05) is 35.4 Å². The van der Waals surface area contributed by atoms with Gasteiger partial charge in [0.05, 0.1) is 0 Å². The normalized spacial score (nSPS) is 11.7. The largest absolute Gasteiger partial charge is 0.338 e. The lowest BCUT2D eigenvalue weighted by Crippen LogP contribution is -2.38. The molecular weight excluding hydrogens is 327 g/mol. The van der Waals surface area contributed by atoms with Crippen LogP contribution in [0.2, 0.25) is 0 Å². The van der Waals surface area contributed by atoms with Crippen LogP contribution in [0.5, 0.6) is 0 Å². The second-order valence-electron chi connectivity index (χ2n) is 5.34. The van der Waals surface area contributed by atoms with Gasteiger partial charge in [-0.15, -0.1) is 0 Å². The fourth-order valence-corrected chi connectivity index (χ4v) is 3.22. The van der Waals surface area contributed by atoms with Crippen LogP contribution in [0.25, 0.3) is 0 Å². The van der Waals surface area contributed by atoms with Crippen molar-refractivity contribution in [1.82, 2.24) is 10.6 Å². The van der Waals surface area contributed by atoms with Crippen LogP contribution in [0.1, 0.15) is 11.1 Å². The number of benzene rings is 2. The molecule has 1 atom stereocenters. The number of hydrogen-bond donors (Lipinski definition) is 2. The quantitative estimate of drug-likeness (QED) is 0.770. The summed E-state index contributed by atoms with van der Waals surface area (Å²) in [6.07, 6.45) is 0.561. The van der Waals surface area contributed by atoms with E-state index in [9.17, 15) is 13.4 Å². The van der Waals surface area contributed by atoms with E-state index in [1.165, 1.54) is 12.1 Å². The van der Waals surface area contributed by atoms with Gasteiger partial charge in [-0.3, -0.25) is 4.21 Å². The molecule has 0 radical (unpaired) electrons. The number of rotatable bonds is 8. The van der Waals surface area contributed by atoms with Crippen molar-refractivity contribution in [3.8, 4) is 0 Å². The van der Waals surface area contributed by atoms with Crippen molar-refractivity contribution in [2.45, 2.75) is 12.2 Å². The molecule has 2 aromatic carbocycles. The van der Waals surface area contributed by atoms with E-state index in [1.54, 1.807) is 6.07 Å². The van der Waals surface area contributed by atoms with Gasteiger partial charge in [0.2, 0.25) is 0 Å². The van der Waals surface area contributed by atoms with Gasteiger partial charge in [-0.05, 0) is 29.7 Å². The van der Waals surface area contributed by atoms with Gasteiger partial charge < -0.3 is 10.6 Å². The maximum atomic E-state index is 13.0. The first kappa shape index (κ1) is 18.1. The summed E-state index contributed by atoms with van der Waals surface area (Å²) in [5, 5.41) is 5.38. The van der Waals surface area contributed by atoms with Crippen LogP contribution in [0, 0.1) is 5.82 Å². The predicted octanol–water partition coefficient (Wildman–Crippen LogP) is 2.62. The fraction of sp³-hybridized carbons (Fsp3) is 0.278. The molecule has 2 N–H and O–H groups in total. The first-order valence-electron chi connectivity index (χ1n) is 7.78. The number of carbonyl (C=O) groups excluding carboxylic acids is 1. The molecular formula is C18H21FN2O2S. The second kappa shape index (κ2) is 9.82. The van der Waals surface area contributed by atoms with Crippen molar-refractivity contribution in [3.63, 3.8) is 0 Å². The summed E-state index contributed by atoms with van der Waals surface area (Å²) in [5.74, 6) is 0.619. The molecule has 0 bridgehead atoms. The summed E-state index contributed by atoms with van der Waals surface area (Å²) < 4.78 is 25.0. The Morgan fingerprint density at radius 1 is 0.958 bits per heavy atom. The Morgan fingerprint density at radius 2 is 1.67 bits per heavy atom. The Morgan fingerprint density at radius 3 is 2.42 bits per heavy atom. The number of carbonyl (C=O) groups is 1. The van der Waals surface area contributed by atoms with Crippen molar-refractivity contribution in [2.75, 3.05) is 18.8 Å². The molecule has 0 aliphatic carbocycles. The minimum Gasteiger partial charge on any atom is -0.338 e.